The van der Waals surface area contributed by atoms with Crippen LogP contribution >= 0.6 is 0 Å². The standard InChI is InChI=1S/C20H26N6O2/c1-14-23-17-13-26(12-16(17)19(27)24-14)20(28)22-11-18(15-6-5-7-21-10-15)25-8-3-2-4-9-25/h5-7,10,18H,2-4,8-9,11-13H2,1H3,(H,22,28)(H,23,24,27)/t18-/m0/s1. The summed E-state index contributed by atoms with van der Waals surface area (Å²) in [5.74, 6) is 0.577. The number of piperidine rings is 1. The van der Waals surface area contributed by atoms with Crippen LogP contribution in [0.1, 0.15) is 47.9 Å². The average Bonchev–Trinajstić information content (AvgIpc) is 3.14. The monoisotopic (exact) mass is 382 g/mol. The van der Waals surface area contributed by atoms with Crippen LogP contribution < -0.4 is 10.9 Å². The van der Waals surface area contributed by atoms with Gasteiger partial charge in [-0.3, -0.25) is 14.7 Å². The molecule has 0 aromatic carbocycles. The number of aromatic nitrogens is 3. The number of carbonyl (C=O) groups excluding carboxylic acids is 1. The lowest BCUT2D eigenvalue weighted by Gasteiger charge is -2.35. The van der Waals surface area contributed by atoms with E-state index in [-0.39, 0.29) is 17.6 Å². The highest BCUT2D eigenvalue weighted by atomic mass is 16.2. The van der Waals surface area contributed by atoms with Crippen LogP contribution in [-0.4, -0.2) is 50.4 Å². The second kappa shape index (κ2) is 8.10. The number of hydrogen-bond acceptors (Lipinski definition) is 5. The van der Waals surface area contributed by atoms with Gasteiger partial charge in [0.15, 0.2) is 0 Å². The van der Waals surface area contributed by atoms with Gasteiger partial charge < -0.3 is 15.2 Å². The third-order valence-electron chi connectivity index (χ3n) is 5.54. The number of rotatable bonds is 4. The van der Waals surface area contributed by atoms with Crippen molar-refractivity contribution in [2.75, 3.05) is 19.6 Å². The maximum atomic E-state index is 12.8. The van der Waals surface area contributed by atoms with Gasteiger partial charge in [0.05, 0.1) is 30.4 Å². The Morgan fingerprint density at radius 2 is 2.11 bits per heavy atom. The number of amides is 2. The normalized spacial score (nSPS) is 18.0. The molecule has 148 valence electrons. The Bertz CT molecular complexity index is 891. The summed E-state index contributed by atoms with van der Waals surface area (Å²) in [5, 5.41) is 3.07. The van der Waals surface area contributed by atoms with Crippen LogP contribution in [0.15, 0.2) is 29.3 Å². The Morgan fingerprint density at radius 3 is 2.86 bits per heavy atom. The van der Waals surface area contributed by atoms with Crippen LogP contribution in [0.2, 0.25) is 0 Å². The Kier molecular flexibility index (Phi) is 5.38. The Hall–Kier alpha value is -2.74. The molecule has 0 unspecified atom stereocenters. The van der Waals surface area contributed by atoms with E-state index in [1.807, 2.05) is 12.3 Å². The summed E-state index contributed by atoms with van der Waals surface area (Å²) in [6.45, 7) is 4.99. The number of likely N-dealkylation sites (tertiary alicyclic amines) is 1. The van der Waals surface area contributed by atoms with Crippen molar-refractivity contribution in [2.45, 2.75) is 45.3 Å². The first-order valence-corrected chi connectivity index (χ1v) is 9.87. The number of fused-ring (bicyclic) bond motifs is 1. The SMILES string of the molecule is Cc1nc2c(c(=O)[nH]1)CN(C(=O)NC[C@@H](c1cccnc1)N1CCCCC1)C2. The van der Waals surface area contributed by atoms with Gasteiger partial charge in [-0.2, -0.15) is 0 Å². The van der Waals surface area contributed by atoms with Crippen molar-refractivity contribution in [3.8, 4) is 0 Å². The van der Waals surface area contributed by atoms with E-state index < -0.39 is 0 Å². The summed E-state index contributed by atoms with van der Waals surface area (Å²) < 4.78 is 0. The number of nitrogens with one attached hydrogen (secondary N) is 2. The molecule has 2 aromatic rings. The lowest BCUT2D eigenvalue weighted by Crippen LogP contribution is -2.44. The molecule has 0 radical (unpaired) electrons. The van der Waals surface area contributed by atoms with Gasteiger partial charge in [-0.1, -0.05) is 12.5 Å². The molecule has 0 bridgehead atoms. The molecule has 2 amide bonds. The average molecular weight is 382 g/mol. The minimum Gasteiger partial charge on any atom is -0.336 e. The van der Waals surface area contributed by atoms with Gasteiger partial charge in [0.2, 0.25) is 0 Å². The highest BCUT2D eigenvalue weighted by Crippen LogP contribution is 2.24. The summed E-state index contributed by atoms with van der Waals surface area (Å²) >= 11 is 0. The topological polar surface area (TPSA) is 94.2 Å². The van der Waals surface area contributed by atoms with Crippen LogP contribution in [0.4, 0.5) is 4.79 Å². The van der Waals surface area contributed by atoms with E-state index in [2.05, 4.69) is 31.2 Å². The molecule has 2 N–H and O–H groups in total. The molecule has 2 aromatic heterocycles. The molecule has 1 fully saturated rings. The fourth-order valence-electron chi connectivity index (χ4n) is 4.09. The first kappa shape index (κ1) is 18.6. The molecule has 8 nitrogen and oxygen atoms in total. The fourth-order valence-corrected chi connectivity index (χ4v) is 4.09. The zero-order chi connectivity index (χ0) is 19.5. The predicted molar refractivity (Wildman–Crippen MR) is 105 cm³/mol. The van der Waals surface area contributed by atoms with Gasteiger partial charge in [0, 0.05) is 18.9 Å². The summed E-state index contributed by atoms with van der Waals surface area (Å²) in [6.07, 6.45) is 7.27. The molecule has 2 aliphatic rings. The largest absolute Gasteiger partial charge is 0.336 e. The fraction of sp³-hybridized carbons (Fsp3) is 0.500. The Balaban J connectivity index is 1.43. The van der Waals surface area contributed by atoms with Gasteiger partial charge in [-0.25, -0.2) is 9.78 Å². The third kappa shape index (κ3) is 3.91. The number of nitrogens with zero attached hydrogens (tertiary/aromatic N) is 4. The van der Waals surface area contributed by atoms with Gasteiger partial charge in [-0.15, -0.1) is 0 Å². The number of carbonyl (C=O) groups is 1. The van der Waals surface area contributed by atoms with Gasteiger partial charge in [0.25, 0.3) is 5.56 Å². The van der Waals surface area contributed by atoms with Crippen molar-refractivity contribution in [3.63, 3.8) is 0 Å². The van der Waals surface area contributed by atoms with Crippen molar-refractivity contribution in [1.82, 2.24) is 30.1 Å². The van der Waals surface area contributed by atoms with E-state index in [0.717, 1.165) is 18.7 Å². The van der Waals surface area contributed by atoms with Crippen molar-refractivity contribution < 1.29 is 4.79 Å². The van der Waals surface area contributed by atoms with Crippen LogP contribution in [0.3, 0.4) is 0 Å². The highest BCUT2D eigenvalue weighted by molar-refractivity contribution is 5.75. The Morgan fingerprint density at radius 1 is 1.29 bits per heavy atom. The van der Waals surface area contributed by atoms with Crippen molar-refractivity contribution in [3.05, 3.63) is 57.5 Å². The quantitative estimate of drug-likeness (QED) is 0.840. The van der Waals surface area contributed by atoms with E-state index in [1.165, 1.54) is 19.3 Å². The molecule has 8 heteroatoms. The molecule has 2 aliphatic heterocycles. The summed E-state index contributed by atoms with van der Waals surface area (Å²) in [6, 6.07) is 3.94. The molecule has 0 saturated carbocycles. The lowest BCUT2D eigenvalue weighted by atomic mass is 10.0. The summed E-state index contributed by atoms with van der Waals surface area (Å²) in [7, 11) is 0. The zero-order valence-electron chi connectivity index (χ0n) is 16.1. The second-order valence-corrected chi connectivity index (χ2v) is 7.52. The third-order valence-corrected chi connectivity index (χ3v) is 5.54. The first-order chi connectivity index (χ1) is 13.6. The van der Waals surface area contributed by atoms with Crippen molar-refractivity contribution >= 4 is 6.03 Å². The zero-order valence-corrected chi connectivity index (χ0v) is 16.1. The highest BCUT2D eigenvalue weighted by Gasteiger charge is 2.29. The molecule has 1 saturated heterocycles. The number of aromatic amines is 1. The van der Waals surface area contributed by atoms with Crippen LogP contribution in [-0.2, 0) is 13.1 Å². The smallest absolute Gasteiger partial charge is 0.318 e. The van der Waals surface area contributed by atoms with Crippen LogP contribution in [0.25, 0.3) is 0 Å². The van der Waals surface area contributed by atoms with Crippen LogP contribution in [0, 0.1) is 6.92 Å². The second-order valence-electron chi connectivity index (χ2n) is 7.52. The molecular formula is C20H26N6O2. The number of urea groups is 1. The van der Waals surface area contributed by atoms with Crippen LogP contribution in [0.5, 0.6) is 0 Å². The summed E-state index contributed by atoms with van der Waals surface area (Å²) in [4.78, 5) is 40.3. The van der Waals surface area contributed by atoms with E-state index in [1.54, 1.807) is 18.0 Å². The Labute approximate surface area is 164 Å². The van der Waals surface area contributed by atoms with Gasteiger partial charge in [0.1, 0.15) is 5.82 Å². The maximum Gasteiger partial charge on any atom is 0.318 e. The maximum absolute atomic E-state index is 12.8. The number of H-pyrrole nitrogens is 1. The van der Waals surface area contributed by atoms with Crippen molar-refractivity contribution in [2.24, 2.45) is 0 Å². The van der Waals surface area contributed by atoms with Gasteiger partial charge in [-0.05, 0) is 44.5 Å². The molecule has 4 rings (SSSR count). The van der Waals surface area contributed by atoms with E-state index in [4.69, 9.17) is 0 Å². The van der Waals surface area contributed by atoms with E-state index in [0.29, 0.717) is 36.7 Å². The molecule has 4 heterocycles. The molecular weight excluding hydrogens is 356 g/mol. The minimum absolute atomic E-state index is 0.103. The lowest BCUT2D eigenvalue weighted by molar-refractivity contribution is 0.154. The first-order valence-electron chi connectivity index (χ1n) is 9.87. The summed E-state index contributed by atoms with van der Waals surface area (Å²) in [5.41, 5.74) is 2.24. The molecule has 28 heavy (non-hydrogen) atoms. The van der Waals surface area contributed by atoms with E-state index >= 15 is 0 Å². The molecule has 0 spiro atoms. The number of aryl methyl sites for hydroxylation is 1. The van der Waals surface area contributed by atoms with Gasteiger partial charge >= 0.3 is 6.03 Å². The van der Waals surface area contributed by atoms with Crippen molar-refractivity contribution in [1.29, 1.82) is 0 Å². The number of pyridine rings is 1. The molecule has 1 atom stereocenters. The molecule has 0 aliphatic carbocycles. The van der Waals surface area contributed by atoms with E-state index in [9.17, 15) is 9.59 Å². The predicted octanol–water partition coefficient (Wildman–Crippen LogP) is 1.73. The minimum atomic E-state index is -0.166. The number of hydrogen-bond donors (Lipinski definition) is 2.